The topological polar surface area (TPSA) is 45.4 Å². The minimum Gasteiger partial charge on any atom is -0.396 e. The van der Waals surface area contributed by atoms with Crippen molar-refractivity contribution in [2.24, 2.45) is 0 Å². The average molecular weight is 405 g/mol. The Labute approximate surface area is 175 Å². The van der Waals surface area contributed by atoms with Crippen LogP contribution >= 0.6 is 11.6 Å². The van der Waals surface area contributed by atoms with Gasteiger partial charge in [-0.1, -0.05) is 72.3 Å². The molecule has 0 aliphatic heterocycles. The van der Waals surface area contributed by atoms with Gasteiger partial charge in [-0.15, -0.1) is 0 Å². The predicted octanol–water partition coefficient (Wildman–Crippen LogP) is 5.74. The molecule has 4 aromatic rings. The number of aromatic nitrogens is 1. The Kier molecular flexibility index (Phi) is 5.72. The van der Waals surface area contributed by atoms with Crippen molar-refractivity contribution in [1.29, 1.82) is 0 Å². The van der Waals surface area contributed by atoms with Gasteiger partial charge < -0.3 is 14.8 Å². The maximum Gasteiger partial charge on any atom is 0.122 e. The summed E-state index contributed by atoms with van der Waals surface area (Å²) < 4.78 is 2.22. The van der Waals surface area contributed by atoms with E-state index in [1.165, 1.54) is 0 Å². The minimum absolute atomic E-state index is 0.0133. The summed E-state index contributed by atoms with van der Waals surface area (Å²) in [5, 5.41) is 21.9. The summed E-state index contributed by atoms with van der Waals surface area (Å²) in [5.41, 5.74) is 4.87. The van der Waals surface area contributed by atoms with Crippen LogP contribution in [0.15, 0.2) is 78.9 Å². The van der Waals surface area contributed by atoms with Crippen LogP contribution in [0, 0.1) is 6.10 Å². The van der Waals surface area contributed by atoms with E-state index in [-0.39, 0.29) is 18.8 Å². The van der Waals surface area contributed by atoms with Gasteiger partial charge in [0.1, 0.15) is 6.10 Å². The number of nitrogens with zero attached hydrogens (tertiary/aromatic N) is 1. The van der Waals surface area contributed by atoms with Crippen LogP contribution in [0.2, 0.25) is 5.02 Å². The van der Waals surface area contributed by atoms with Gasteiger partial charge in [-0.3, -0.25) is 0 Å². The van der Waals surface area contributed by atoms with E-state index in [1.54, 1.807) is 6.92 Å². The standard InChI is InChI=1S/C25H23ClNO2/c1-17(29)24-21-16-20(26)12-13-22(21)27(23(24)14-15-28)25(18-8-4-2-5-9-18)19-10-6-3-7-11-19/h2-13,16,25,28-29H,14-15H2,1H3. The third kappa shape index (κ3) is 3.69. The van der Waals surface area contributed by atoms with Gasteiger partial charge in [0.05, 0.1) is 6.04 Å². The summed E-state index contributed by atoms with van der Waals surface area (Å²) in [4.78, 5) is 0. The van der Waals surface area contributed by atoms with E-state index in [0.29, 0.717) is 11.4 Å². The predicted molar refractivity (Wildman–Crippen MR) is 118 cm³/mol. The number of halogens is 1. The zero-order chi connectivity index (χ0) is 20.4. The van der Waals surface area contributed by atoms with E-state index in [0.717, 1.165) is 33.3 Å². The molecule has 0 fully saturated rings. The van der Waals surface area contributed by atoms with Gasteiger partial charge in [0.25, 0.3) is 0 Å². The normalized spacial score (nSPS) is 11.7. The lowest BCUT2D eigenvalue weighted by molar-refractivity contribution is 0.293. The molecule has 147 valence electrons. The number of benzene rings is 3. The van der Waals surface area contributed by atoms with Crippen LogP contribution in [-0.4, -0.2) is 21.4 Å². The molecule has 0 aliphatic rings. The maximum atomic E-state index is 10.5. The second kappa shape index (κ2) is 8.42. The van der Waals surface area contributed by atoms with Crippen LogP contribution in [0.3, 0.4) is 0 Å². The fourth-order valence-corrected chi connectivity index (χ4v) is 4.32. The minimum atomic E-state index is -0.101. The number of hydrogen-bond acceptors (Lipinski definition) is 2. The molecule has 0 atom stereocenters. The number of fused-ring (bicyclic) bond motifs is 1. The van der Waals surface area contributed by atoms with Gasteiger partial charge in [0, 0.05) is 40.2 Å². The molecule has 0 bridgehead atoms. The largest absolute Gasteiger partial charge is 0.396 e. The highest BCUT2D eigenvalue weighted by atomic mass is 35.5. The monoisotopic (exact) mass is 404 g/mol. The smallest absolute Gasteiger partial charge is 0.122 e. The zero-order valence-electron chi connectivity index (χ0n) is 16.2. The van der Waals surface area contributed by atoms with Gasteiger partial charge in [-0.05, 0) is 36.2 Å². The summed E-state index contributed by atoms with van der Waals surface area (Å²) in [6.45, 7) is 1.67. The SMILES string of the molecule is C[C](O)c1c(CCO)n(C(c2ccccc2)c2ccccc2)c2ccc(Cl)cc12. The quantitative estimate of drug-likeness (QED) is 0.430. The van der Waals surface area contributed by atoms with Crippen LogP contribution in [0.1, 0.15) is 35.3 Å². The molecule has 4 heteroatoms. The Bertz CT molecular complexity index is 1060. The van der Waals surface area contributed by atoms with Gasteiger partial charge in [-0.2, -0.15) is 0 Å². The fourth-order valence-electron chi connectivity index (χ4n) is 4.15. The molecule has 0 amide bonds. The van der Waals surface area contributed by atoms with Crippen LogP contribution in [0.4, 0.5) is 0 Å². The van der Waals surface area contributed by atoms with E-state index in [1.807, 2.05) is 54.6 Å². The van der Waals surface area contributed by atoms with Gasteiger partial charge in [-0.25, -0.2) is 0 Å². The lowest BCUT2D eigenvalue weighted by atomic mass is 9.97. The van der Waals surface area contributed by atoms with E-state index in [4.69, 9.17) is 11.6 Å². The van der Waals surface area contributed by atoms with Crippen LogP contribution in [0.25, 0.3) is 10.9 Å². The summed E-state index contributed by atoms with van der Waals surface area (Å²) in [5.74, 6) is 0. The lowest BCUT2D eigenvalue weighted by Gasteiger charge is -2.25. The Morgan fingerprint density at radius 3 is 2.03 bits per heavy atom. The second-order valence-corrected chi connectivity index (χ2v) is 7.57. The van der Waals surface area contributed by atoms with Crippen molar-refractivity contribution >= 4 is 22.5 Å². The lowest BCUT2D eigenvalue weighted by Crippen LogP contribution is -2.17. The molecule has 4 rings (SSSR count). The molecule has 2 N–H and O–H groups in total. The van der Waals surface area contributed by atoms with Crippen molar-refractivity contribution < 1.29 is 10.2 Å². The molecule has 1 radical (unpaired) electrons. The zero-order valence-corrected chi connectivity index (χ0v) is 17.0. The van der Waals surface area contributed by atoms with E-state index in [2.05, 4.69) is 28.8 Å². The number of aliphatic hydroxyl groups is 2. The molecular formula is C25H23ClNO2. The van der Waals surface area contributed by atoms with Gasteiger partial charge >= 0.3 is 0 Å². The molecule has 0 spiro atoms. The molecule has 3 aromatic carbocycles. The molecule has 0 unspecified atom stereocenters. The highest BCUT2D eigenvalue weighted by Crippen LogP contribution is 2.39. The third-order valence-corrected chi connectivity index (χ3v) is 5.50. The second-order valence-electron chi connectivity index (χ2n) is 7.14. The first kappa shape index (κ1) is 19.7. The van der Waals surface area contributed by atoms with Crippen molar-refractivity contribution in [1.82, 2.24) is 4.57 Å². The first-order valence-electron chi connectivity index (χ1n) is 9.67. The first-order valence-corrected chi connectivity index (χ1v) is 10.1. The first-order chi connectivity index (χ1) is 14.1. The Balaban J connectivity index is 2.10. The highest BCUT2D eigenvalue weighted by molar-refractivity contribution is 6.31. The maximum absolute atomic E-state index is 10.5. The number of rotatable bonds is 6. The van der Waals surface area contributed by atoms with Crippen molar-refractivity contribution in [3.05, 3.63) is 112 Å². The van der Waals surface area contributed by atoms with Crippen LogP contribution in [-0.2, 0) is 6.42 Å². The van der Waals surface area contributed by atoms with E-state index in [9.17, 15) is 10.2 Å². The molecule has 0 saturated heterocycles. The van der Waals surface area contributed by atoms with Crippen molar-refractivity contribution in [3.8, 4) is 0 Å². The third-order valence-electron chi connectivity index (χ3n) is 5.27. The summed E-state index contributed by atoms with van der Waals surface area (Å²) >= 11 is 6.30. The van der Waals surface area contributed by atoms with Gasteiger partial charge in [0.15, 0.2) is 0 Å². The van der Waals surface area contributed by atoms with E-state index < -0.39 is 0 Å². The molecule has 1 aromatic heterocycles. The van der Waals surface area contributed by atoms with Crippen molar-refractivity contribution in [3.63, 3.8) is 0 Å². The Morgan fingerprint density at radius 1 is 0.931 bits per heavy atom. The van der Waals surface area contributed by atoms with E-state index >= 15 is 0 Å². The number of hydrogen-bond donors (Lipinski definition) is 2. The molecule has 0 saturated carbocycles. The summed E-state index contributed by atoms with van der Waals surface area (Å²) in [6, 6.07) is 26.2. The average Bonchev–Trinajstić information content (AvgIpc) is 3.03. The van der Waals surface area contributed by atoms with Crippen LogP contribution < -0.4 is 0 Å². The van der Waals surface area contributed by atoms with Crippen molar-refractivity contribution in [2.75, 3.05) is 6.61 Å². The fraction of sp³-hybridized carbons (Fsp3) is 0.160. The molecule has 29 heavy (non-hydrogen) atoms. The summed E-state index contributed by atoms with van der Waals surface area (Å²) in [7, 11) is 0. The van der Waals surface area contributed by atoms with Gasteiger partial charge in [0.2, 0.25) is 0 Å². The number of aliphatic hydroxyl groups excluding tert-OH is 2. The molecule has 0 aliphatic carbocycles. The molecule has 3 nitrogen and oxygen atoms in total. The molecule has 1 heterocycles. The Hall–Kier alpha value is -2.59. The van der Waals surface area contributed by atoms with Crippen molar-refractivity contribution in [2.45, 2.75) is 19.4 Å². The Morgan fingerprint density at radius 2 is 1.52 bits per heavy atom. The highest BCUT2D eigenvalue weighted by Gasteiger charge is 2.27. The van der Waals surface area contributed by atoms with Crippen LogP contribution in [0.5, 0.6) is 0 Å². The summed E-state index contributed by atoms with van der Waals surface area (Å²) in [6.07, 6.45) is 0.648. The molecular weight excluding hydrogens is 382 g/mol.